The Bertz CT molecular complexity index is 918. The van der Waals surface area contributed by atoms with Crippen molar-refractivity contribution in [2.24, 2.45) is 5.41 Å². The summed E-state index contributed by atoms with van der Waals surface area (Å²) in [6, 6.07) is 8.07. The number of aryl methyl sites for hydroxylation is 1. The maximum absolute atomic E-state index is 12.9. The Kier molecular flexibility index (Phi) is 5.19. The third-order valence-corrected chi connectivity index (χ3v) is 7.81. The van der Waals surface area contributed by atoms with Crippen molar-refractivity contribution in [2.45, 2.75) is 58.0 Å². The van der Waals surface area contributed by atoms with Gasteiger partial charge in [0.25, 0.3) is 0 Å². The van der Waals surface area contributed by atoms with Crippen molar-refractivity contribution in [2.75, 3.05) is 0 Å². The van der Waals surface area contributed by atoms with E-state index in [1.807, 2.05) is 32.0 Å². The predicted molar refractivity (Wildman–Crippen MR) is 111 cm³/mol. The molecule has 28 heavy (non-hydrogen) atoms. The van der Waals surface area contributed by atoms with Gasteiger partial charge in [0.1, 0.15) is 0 Å². The van der Waals surface area contributed by atoms with E-state index in [-0.39, 0.29) is 16.9 Å². The van der Waals surface area contributed by atoms with Gasteiger partial charge in [-0.1, -0.05) is 13.0 Å². The van der Waals surface area contributed by atoms with Gasteiger partial charge in [-0.2, -0.15) is 0 Å². The van der Waals surface area contributed by atoms with Gasteiger partial charge >= 0.3 is 5.97 Å². The first-order chi connectivity index (χ1) is 13.4. The molecule has 6 heteroatoms. The van der Waals surface area contributed by atoms with E-state index in [0.717, 1.165) is 29.0 Å². The Morgan fingerprint density at radius 1 is 1.29 bits per heavy atom. The van der Waals surface area contributed by atoms with Crippen molar-refractivity contribution >= 4 is 34.4 Å². The zero-order valence-corrected chi connectivity index (χ0v) is 17.7. The molecule has 0 amide bonds. The summed E-state index contributed by atoms with van der Waals surface area (Å²) in [5.41, 5.74) is 0.131. The minimum absolute atomic E-state index is 0.0122. The molecule has 1 aliphatic carbocycles. The maximum atomic E-state index is 12.9. The van der Waals surface area contributed by atoms with E-state index in [0.29, 0.717) is 12.8 Å². The maximum Gasteiger partial charge on any atom is 0.339 e. The summed E-state index contributed by atoms with van der Waals surface area (Å²) in [6.07, 6.45) is 3.18. The highest BCUT2D eigenvalue weighted by Gasteiger charge is 2.49. The van der Waals surface area contributed by atoms with Gasteiger partial charge < -0.3 is 9.84 Å². The number of carbonyl (C=O) groups excluding carboxylic acids is 2. The molecule has 4 nitrogen and oxygen atoms in total. The summed E-state index contributed by atoms with van der Waals surface area (Å²) in [5.74, 6) is -1.70. The zero-order valence-electron chi connectivity index (χ0n) is 16.1. The van der Waals surface area contributed by atoms with Gasteiger partial charge in [0.15, 0.2) is 11.9 Å². The molecule has 2 aromatic rings. The Balaban J connectivity index is 1.55. The molecule has 0 radical (unpaired) electrons. The highest BCUT2D eigenvalue weighted by atomic mass is 32.1. The highest BCUT2D eigenvalue weighted by molar-refractivity contribution is 7.12. The number of Topliss-reactive ketones (excluding diaryl/α,β-unsaturated/α-hetero) is 1. The topological polar surface area (TPSA) is 63.6 Å². The number of hydrogen-bond acceptors (Lipinski definition) is 6. The summed E-state index contributed by atoms with van der Waals surface area (Å²) in [5, 5.41) is 12.7. The molecular formula is C22H24O4S2. The molecule has 4 rings (SSSR count). The summed E-state index contributed by atoms with van der Waals surface area (Å²) in [6.45, 7) is 3.95. The lowest BCUT2D eigenvalue weighted by Crippen LogP contribution is -2.38. The van der Waals surface area contributed by atoms with E-state index >= 15 is 0 Å². The van der Waals surface area contributed by atoms with Crippen molar-refractivity contribution in [3.63, 3.8) is 0 Å². The van der Waals surface area contributed by atoms with Crippen LogP contribution in [-0.2, 0) is 20.7 Å². The van der Waals surface area contributed by atoms with E-state index in [1.54, 1.807) is 22.7 Å². The second kappa shape index (κ2) is 7.48. The largest absolute Gasteiger partial charge is 0.504 e. The molecule has 0 aromatic carbocycles. The average molecular weight is 417 g/mol. The smallest absolute Gasteiger partial charge is 0.339 e. The number of cyclic esters (lactones) is 1. The molecule has 1 fully saturated rings. The fourth-order valence-electron chi connectivity index (χ4n) is 4.06. The standard InChI is InChI=1S/C22H24O4S2/c1-3-15(17-7-6-13(2)28-17)18-20(24)19(23)16(26-21(18)25)12-22(8-9-22)11-14-5-4-10-27-14/h4-7,10,15-16,24H,3,8-9,11-12H2,1-2H3. The predicted octanol–water partition coefficient (Wildman–Crippen LogP) is 5.33. The Labute approximate surface area is 172 Å². The molecule has 2 unspecified atom stereocenters. The van der Waals surface area contributed by atoms with E-state index < -0.39 is 23.6 Å². The first kappa shape index (κ1) is 19.4. The number of rotatable bonds is 7. The van der Waals surface area contributed by atoms with E-state index in [1.165, 1.54) is 4.88 Å². The summed E-state index contributed by atoms with van der Waals surface area (Å²) in [7, 11) is 0. The molecule has 0 saturated heterocycles. The van der Waals surface area contributed by atoms with Crippen molar-refractivity contribution < 1.29 is 19.4 Å². The Morgan fingerprint density at radius 3 is 2.64 bits per heavy atom. The van der Waals surface area contributed by atoms with Crippen molar-refractivity contribution in [3.8, 4) is 0 Å². The first-order valence-electron chi connectivity index (χ1n) is 9.69. The van der Waals surface area contributed by atoms with Crippen LogP contribution in [0.25, 0.3) is 0 Å². The van der Waals surface area contributed by atoms with Gasteiger partial charge in [-0.25, -0.2) is 4.79 Å². The van der Waals surface area contributed by atoms with Crippen LogP contribution in [0, 0.1) is 12.3 Å². The molecule has 2 atom stereocenters. The van der Waals surface area contributed by atoms with Gasteiger partial charge in [0, 0.05) is 20.5 Å². The fourth-order valence-corrected chi connectivity index (χ4v) is 6.01. The fraction of sp³-hybridized carbons (Fsp3) is 0.455. The van der Waals surface area contributed by atoms with Gasteiger partial charge in [-0.15, -0.1) is 22.7 Å². The molecular weight excluding hydrogens is 392 g/mol. The number of aliphatic hydroxyl groups is 1. The summed E-state index contributed by atoms with van der Waals surface area (Å²) < 4.78 is 5.59. The lowest BCUT2D eigenvalue weighted by Gasteiger charge is -2.29. The summed E-state index contributed by atoms with van der Waals surface area (Å²) in [4.78, 5) is 29.0. The van der Waals surface area contributed by atoms with Gasteiger partial charge in [0.05, 0.1) is 5.57 Å². The quantitative estimate of drug-likeness (QED) is 0.620. The van der Waals surface area contributed by atoms with E-state index in [2.05, 4.69) is 11.4 Å². The monoisotopic (exact) mass is 416 g/mol. The van der Waals surface area contributed by atoms with Crippen LogP contribution in [0.5, 0.6) is 0 Å². The number of ketones is 1. The van der Waals surface area contributed by atoms with Gasteiger partial charge in [-0.05, 0) is 68.0 Å². The Hall–Kier alpha value is -1.92. The molecule has 0 spiro atoms. The number of hydrogen-bond donors (Lipinski definition) is 1. The Morgan fingerprint density at radius 2 is 2.07 bits per heavy atom. The lowest BCUT2D eigenvalue weighted by molar-refractivity contribution is -0.155. The molecule has 2 aliphatic rings. The third kappa shape index (κ3) is 3.67. The van der Waals surface area contributed by atoms with E-state index in [4.69, 9.17) is 4.74 Å². The summed E-state index contributed by atoms with van der Waals surface area (Å²) >= 11 is 3.29. The number of ether oxygens (including phenoxy) is 1. The van der Waals surface area contributed by atoms with Crippen LogP contribution in [0.3, 0.4) is 0 Å². The average Bonchev–Trinajstić information content (AvgIpc) is 3.03. The highest BCUT2D eigenvalue weighted by Crippen LogP contribution is 2.53. The van der Waals surface area contributed by atoms with Gasteiger partial charge in [-0.3, -0.25) is 4.79 Å². The van der Waals surface area contributed by atoms with Crippen LogP contribution in [0.1, 0.15) is 53.2 Å². The minimum atomic E-state index is -0.874. The molecule has 148 valence electrons. The number of thiophene rings is 2. The molecule has 1 N–H and O–H groups in total. The van der Waals surface area contributed by atoms with Crippen molar-refractivity contribution in [1.29, 1.82) is 0 Å². The van der Waals surface area contributed by atoms with Crippen LogP contribution >= 0.6 is 22.7 Å². The second-order valence-electron chi connectivity index (χ2n) is 7.89. The van der Waals surface area contributed by atoms with Crippen LogP contribution in [-0.4, -0.2) is 23.0 Å². The first-order valence-corrected chi connectivity index (χ1v) is 11.4. The lowest BCUT2D eigenvalue weighted by atomic mass is 9.86. The van der Waals surface area contributed by atoms with Crippen LogP contribution < -0.4 is 0 Å². The molecule has 1 aliphatic heterocycles. The molecule has 2 aromatic heterocycles. The van der Waals surface area contributed by atoms with Crippen LogP contribution in [0.2, 0.25) is 0 Å². The second-order valence-corrected chi connectivity index (χ2v) is 10.2. The molecule has 1 saturated carbocycles. The normalized spacial score (nSPS) is 22.3. The van der Waals surface area contributed by atoms with Crippen molar-refractivity contribution in [3.05, 3.63) is 55.6 Å². The zero-order chi connectivity index (χ0) is 19.9. The number of aliphatic hydroxyl groups excluding tert-OH is 1. The van der Waals surface area contributed by atoms with E-state index in [9.17, 15) is 14.7 Å². The van der Waals surface area contributed by atoms with Crippen LogP contribution in [0.4, 0.5) is 0 Å². The molecule has 0 bridgehead atoms. The number of carbonyl (C=O) groups is 2. The minimum Gasteiger partial charge on any atom is -0.504 e. The number of esters is 1. The van der Waals surface area contributed by atoms with Crippen molar-refractivity contribution in [1.82, 2.24) is 0 Å². The SMILES string of the molecule is CCC(C1=C(O)C(=O)C(CC2(Cc3cccs3)CC2)OC1=O)c1ccc(C)s1. The molecule has 3 heterocycles. The third-order valence-electron chi connectivity index (χ3n) is 5.82. The van der Waals surface area contributed by atoms with Gasteiger partial charge in [0.2, 0.25) is 5.78 Å². The van der Waals surface area contributed by atoms with Crippen LogP contribution in [0.15, 0.2) is 41.0 Å².